The molecule has 120 valence electrons. The van der Waals surface area contributed by atoms with Gasteiger partial charge >= 0.3 is 12.2 Å². The average Bonchev–Trinajstić information content (AvgIpc) is 2.81. The van der Waals surface area contributed by atoms with Crippen molar-refractivity contribution in [3.63, 3.8) is 0 Å². The minimum absolute atomic E-state index is 0.335. The molecule has 0 radical (unpaired) electrons. The Hall–Kier alpha value is -1.77. The van der Waals surface area contributed by atoms with Crippen molar-refractivity contribution in [1.29, 1.82) is 0 Å². The topological polar surface area (TPSA) is 79.2 Å². The zero-order valence-corrected chi connectivity index (χ0v) is 11.9. The molecule has 0 spiro atoms. The summed E-state index contributed by atoms with van der Waals surface area (Å²) < 4.78 is 40.5. The van der Waals surface area contributed by atoms with Crippen molar-refractivity contribution in [3.8, 4) is 0 Å². The summed E-state index contributed by atoms with van der Waals surface area (Å²) in [5.41, 5.74) is -3.11. The minimum atomic E-state index is -4.90. The lowest BCUT2D eigenvalue weighted by molar-refractivity contribution is -0.272. The molecule has 0 aromatic carbocycles. The van der Waals surface area contributed by atoms with E-state index in [1.165, 1.54) is 19.4 Å². The van der Waals surface area contributed by atoms with Gasteiger partial charge in [-0.3, -0.25) is 0 Å². The van der Waals surface area contributed by atoms with Gasteiger partial charge in [0.2, 0.25) is 5.60 Å². The number of carbonyl (C=O) groups is 1. The third kappa shape index (κ3) is 4.10. The first kappa shape index (κ1) is 17.3. The first-order valence-corrected chi connectivity index (χ1v) is 6.51. The highest BCUT2D eigenvalue weighted by atomic mass is 19.4. The lowest BCUT2D eigenvalue weighted by atomic mass is 9.97. The third-order valence-corrected chi connectivity index (χ3v) is 2.97. The van der Waals surface area contributed by atoms with Gasteiger partial charge in [-0.1, -0.05) is 6.92 Å². The molecule has 0 fully saturated rings. The Morgan fingerprint density at radius 3 is 2.48 bits per heavy atom. The van der Waals surface area contributed by atoms with Crippen molar-refractivity contribution in [2.75, 3.05) is 13.1 Å². The molecular weight excluding hydrogens is 289 g/mol. The summed E-state index contributed by atoms with van der Waals surface area (Å²) in [5.74, 6) is -0.509. The number of halogens is 3. The van der Waals surface area contributed by atoms with Crippen molar-refractivity contribution >= 4 is 6.03 Å². The normalized spacial score (nSPS) is 14.6. The number of imidazole rings is 1. The minimum Gasteiger partial charge on any atom is -0.374 e. The Bertz CT molecular complexity index is 475. The summed E-state index contributed by atoms with van der Waals surface area (Å²) in [6.45, 7) is 1.94. The van der Waals surface area contributed by atoms with Gasteiger partial charge in [0.1, 0.15) is 5.82 Å². The number of alkyl halides is 3. The molecule has 6 nitrogen and oxygen atoms in total. The molecule has 21 heavy (non-hydrogen) atoms. The Morgan fingerprint density at radius 2 is 2.00 bits per heavy atom. The predicted octanol–water partition coefficient (Wildman–Crippen LogP) is 1.27. The molecule has 0 bridgehead atoms. The number of hydrogen-bond acceptors (Lipinski definition) is 3. The Morgan fingerprint density at radius 1 is 1.38 bits per heavy atom. The number of rotatable bonds is 6. The van der Waals surface area contributed by atoms with E-state index in [2.05, 4.69) is 15.6 Å². The summed E-state index contributed by atoms with van der Waals surface area (Å²) in [6.07, 6.45) is -2.41. The van der Waals surface area contributed by atoms with Crippen LogP contribution < -0.4 is 10.6 Å². The lowest BCUT2D eigenvalue weighted by Crippen LogP contribution is -2.47. The molecule has 0 saturated carbocycles. The van der Waals surface area contributed by atoms with Crippen molar-refractivity contribution in [2.24, 2.45) is 7.05 Å². The van der Waals surface area contributed by atoms with E-state index in [4.69, 9.17) is 0 Å². The molecular formula is C12H19F3N4O2. The number of nitrogens with one attached hydrogen (secondary N) is 2. The maximum absolute atomic E-state index is 13.1. The van der Waals surface area contributed by atoms with Crippen molar-refractivity contribution in [3.05, 3.63) is 18.2 Å². The smallest absolute Gasteiger partial charge is 0.374 e. The largest absolute Gasteiger partial charge is 0.424 e. The molecule has 1 aromatic heterocycles. The van der Waals surface area contributed by atoms with E-state index in [1.807, 2.05) is 6.92 Å². The van der Waals surface area contributed by atoms with Crippen LogP contribution in [0.15, 0.2) is 12.4 Å². The summed E-state index contributed by atoms with van der Waals surface area (Å²) in [4.78, 5) is 14.9. The molecule has 9 heteroatoms. The van der Waals surface area contributed by atoms with Gasteiger partial charge in [-0.15, -0.1) is 0 Å². The SMILES string of the molecule is CCCNC(=O)NCCC(O)(c1nccn1C)C(F)(F)F. The standard InChI is InChI=1S/C12H19F3N4O2/c1-3-5-17-10(20)18-6-4-11(21,12(13,14)15)9-16-7-8-19(9)2/h7-8,21H,3-6H2,1-2H3,(H2,17,18,20). The van der Waals surface area contributed by atoms with Crippen LogP contribution >= 0.6 is 0 Å². The number of aliphatic hydroxyl groups is 1. The number of hydrogen-bond donors (Lipinski definition) is 3. The van der Waals surface area contributed by atoms with Crippen LogP contribution in [0.3, 0.4) is 0 Å². The monoisotopic (exact) mass is 308 g/mol. The second-order valence-corrected chi connectivity index (χ2v) is 4.65. The molecule has 1 heterocycles. The van der Waals surface area contributed by atoms with E-state index in [9.17, 15) is 23.1 Å². The van der Waals surface area contributed by atoms with Crippen molar-refractivity contribution in [1.82, 2.24) is 20.2 Å². The van der Waals surface area contributed by atoms with Crippen LogP contribution in [0.5, 0.6) is 0 Å². The second kappa shape index (κ2) is 6.79. The number of urea groups is 1. The zero-order chi connectivity index (χ0) is 16.1. The zero-order valence-electron chi connectivity index (χ0n) is 11.9. The Labute approximate surface area is 120 Å². The molecule has 1 rings (SSSR count). The fourth-order valence-corrected chi connectivity index (χ4v) is 1.80. The van der Waals surface area contributed by atoms with E-state index in [0.717, 1.165) is 4.57 Å². The van der Waals surface area contributed by atoms with Gasteiger partial charge < -0.3 is 20.3 Å². The first-order chi connectivity index (χ1) is 9.72. The highest BCUT2D eigenvalue weighted by Gasteiger charge is 2.57. The van der Waals surface area contributed by atoms with Crippen LogP contribution in [0.25, 0.3) is 0 Å². The molecule has 1 unspecified atom stereocenters. The lowest BCUT2D eigenvalue weighted by Gasteiger charge is -2.29. The van der Waals surface area contributed by atoms with Crippen molar-refractivity contribution < 1.29 is 23.1 Å². The maximum atomic E-state index is 13.1. The second-order valence-electron chi connectivity index (χ2n) is 4.65. The van der Waals surface area contributed by atoms with Gasteiger partial charge in [-0.25, -0.2) is 9.78 Å². The Balaban J connectivity index is 2.73. The summed E-state index contributed by atoms with van der Waals surface area (Å²) in [6, 6.07) is -0.568. The molecule has 1 atom stereocenters. The quantitative estimate of drug-likeness (QED) is 0.740. The maximum Gasteiger partial charge on any atom is 0.424 e. The summed E-state index contributed by atoms with van der Waals surface area (Å²) in [7, 11) is 1.36. The molecule has 0 saturated heterocycles. The molecule has 0 aliphatic rings. The highest BCUT2D eigenvalue weighted by molar-refractivity contribution is 5.73. The number of amides is 2. The van der Waals surface area contributed by atoms with Gasteiger partial charge in [0.05, 0.1) is 0 Å². The van der Waals surface area contributed by atoms with Gasteiger partial charge in [-0.2, -0.15) is 13.2 Å². The van der Waals surface area contributed by atoms with E-state index in [1.54, 1.807) is 0 Å². The molecule has 1 aromatic rings. The number of aryl methyl sites for hydroxylation is 1. The molecule has 0 aliphatic carbocycles. The number of carbonyl (C=O) groups excluding carboxylic acids is 1. The highest BCUT2D eigenvalue weighted by Crippen LogP contribution is 2.40. The molecule has 2 amide bonds. The fourth-order valence-electron chi connectivity index (χ4n) is 1.80. The van der Waals surface area contributed by atoms with Crippen LogP contribution in [0.1, 0.15) is 25.6 Å². The van der Waals surface area contributed by atoms with Crippen LogP contribution in [0.2, 0.25) is 0 Å². The van der Waals surface area contributed by atoms with Crippen LogP contribution in [-0.2, 0) is 12.6 Å². The summed E-state index contributed by atoms with van der Waals surface area (Å²) in [5, 5.41) is 14.7. The van der Waals surface area contributed by atoms with Gasteiger partial charge in [0.25, 0.3) is 0 Å². The van der Waals surface area contributed by atoms with E-state index in [-0.39, 0.29) is 6.54 Å². The first-order valence-electron chi connectivity index (χ1n) is 6.51. The average molecular weight is 308 g/mol. The fraction of sp³-hybridized carbons (Fsp3) is 0.667. The van der Waals surface area contributed by atoms with Crippen LogP contribution in [-0.4, -0.2) is 40.0 Å². The van der Waals surface area contributed by atoms with Gasteiger partial charge in [-0.05, 0) is 6.42 Å². The molecule has 3 N–H and O–H groups in total. The number of aromatic nitrogens is 2. The van der Waals surface area contributed by atoms with Gasteiger partial charge in [0.15, 0.2) is 0 Å². The van der Waals surface area contributed by atoms with E-state index in [0.29, 0.717) is 13.0 Å². The van der Waals surface area contributed by atoms with Crippen LogP contribution in [0.4, 0.5) is 18.0 Å². The van der Waals surface area contributed by atoms with E-state index >= 15 is 0 Å². The van der Waals surface area contributed by atoms with Crippen molar-refractivity contribution in [2.45, 2.75) is 31.5 Å². The third-order valence-electron chi connectivity index (χ3n) is 2.97. The Kier molecular flexibility index (Phi) is 5.59. The molecule has 0 aliphatic heterocycles. The summed E-state index contributed by atoms with van der Waals surface area (Å²) >= 11 is 0. The van der Waals surface area contributed by atoms with E-state index < -0.39 is 30.1 Å². The predicted molar refractivity (Wildman–Crippen MR) is 69.5 cm³/mol. The number of nitrogens with zero attached hydrogens (tertiary/aromatic N) is 2. The van der Waals surface area contributed by atoms with Crippen LogP contribution in [0, 0.1) is 0 Å². The van der Waals surface area contributed by atoms with Gasteiger partial charge in [0, 0.05) is 39.0 Å².